The Morgan fingerprint density at radius 3 is 2.92 bits per heavy atom. The van der Waals surface area contributed by atoms with E-state index in [0.29, 0.717) is 5.92 Å². The summed E-state index contributed by atoms with van der Waals surface area (Å²) < 4.78 is 0. The summed E-state index contributed by atoms with van der Waals surface area (Å²) in [4.78, 5) is 11.1. The van der Waals surface area contributed by atoms with E-state index in [1.807, 2.05) is 0 Å². The van der Waals surface area contributed by atoms with E-state index in [9.17, 15) is 4.79 Å². The van der Waals surface area contributed by atoms with Gasteiger partial charge in [0.2, 0.25) is 0 Å². The number of aliphatic carboxylic acids is 1. The minimum absolute atomic E-state index is 0.392. The van der Waals surface area contributed by atoms with Crippen molar-refractivity contribution in [2.45, 2.75) is 37.6 Å². The van der Waals surface area contributed by atoms with Crippen molar-refractivity contribution in [1.29, 1.82) is 0 Å². The second-order valence-corrected chi connectivity index (χ2v) is 3.93. The van der Waals surface area contributed by atoms with Crippen LogP contribution in [0.5, 0.6) is 0 Å². The molecule has 1 heterocycles. The molecule has 2 rings (SSSR count). The first-order chi connectivity index (χ1) is 5.76. The van der Waals surface area contributed by atoms with Gasteiger partial charge in [0.05, 0.1) is 0 Å². The maximum atomic E-state index is 11.1. The largest absolute Gasteiger partial charge is 0.480 e. The van der Waals surface area contributed by atoms with Crippen molar-refractivity contribution in [3.05, 3.63) is 0 Å². The lowest BCUT2D eigenvalue weighted by Gasteiger charge is -2.35. The van der Waals surface area contributed by atoms with Gasteiger partial charge in [-0.15, -0.1) is 0 Å². The number of hydrogen-bond acceptors (Lipinski definition) is 2. The Balaban J connectivity index is 2.23. The highest BCUT2D eigenvalue weighted by Gasteiger charge is 2.49. The average molecular weight is 169 g/mol. The van der Waals surface area contributed by atoms with Crippen LogP contribution >= 0.6 is 0 Å². The minimum Gasteiger partial charge on any atom is -0.480 e. The standard InChI is InChI=1S/C9H15NO2/c11-8(12)9-5-2-1-3-7(9)4-6-10-9/h7,10H,1-6H2,(H,11,12)/t7?,9-/m0/s1. The van der Waals surface area contributed by atoms with Crippen LogP contribution in [0.1, 0.15) is 32.1 Å². The van der Waals surface area contributed by atoms with Crippen LogP contribution in [0.2, 0.25) is 0 Å². The summed E-state index contributed by atoms with van der Waals surface area (Å²) in [5, 5.41) is 12.3. The average Bonchev–Trinajstić information content (AvgIpc) is 2.48. The Morgan fingerprint density at radius 2 is 2.25 bits per heavy atom. The van der Waals surface area contributed by atoms with Crippen molar-refractivity contribution in [2.24, 2.45) is 5.92 Å². The Bertz CT molecular complexity index is 205. The molecule has 3 heteroatoms. The van der Waals surface area contributed by atoms with Crippen molar-refractivity contribution in [2.75, 3.05) is 6.54 Å². The highest BCUT2D eigenvalue weighted by Crippen LogP contribution is 2.39. The van der Waals surface area contributed by atoms with Crippen LogP contribution in [0.25, 0.3) is 0 Å². The zero-order chi connectivity index (χ0) is 8.60. The van der Waals surface area contributed by atoms with E-state index in [1.165, 1.54) is 6.42 Å². The normalized spacial score (nSPS) is 40.8. The first-order valence-corrected chi connectivity index (χ1v) is 4.74. The molecule has 2 fully saturated rings. The summed E-state index contributed by atoms with van der Waals surface area (Å²) in [6.45, 7) is 0.886. The molecule has 2 N–H and O–H groups in total. The first kappa shape index (κ1) is 8.05. The van der Waals surface area contributed by atoms with Crippen LogP contribution in [0.3, 0.4) is 0 Å². The lowest BCUT2D eigenvalue weighted by Crippen LogP contribution is -2.53. The van der Waals surface area contributed by atoms with E-state index >= 15 is 0 Å². The molecule has 0 spiro atoms. The van der Waals surface area contributed by atoms with Gasteiger partial charge in [-0.2, -0.15) is 0 Å². The van der Waals surface area contributed by atoms with Crippen molar-refractivity contribution >= 4 is 5.97 Å². The van der Waals surface area contributed by atoms with Crippen molar-refractivity contribution in [1.82, 2.24) is 5.32 Å². The number of carboxylic acids is 1. The number of carbonyl (C=O) groups is 1. The van der Waals surface area contributed by atoms with Crippen molar-refractivity contribution < 1.29 is 9.90 Å². The summed E-state index contributed by atoms with van der Waals surface area (Å²) in [6.07, 6.45) is 5.25. The van der Waals surface area contributed by atoms with E-state index < -0.39 is 11.5 Å². The highest BCUT2D eigenvalue weighted by molar-refractivity contribution is 5.80. The van der Waals surface area contributed by atoms with Gasteiger partial charge in [0.1, 0.15) is 5.54 Å². The zero-order valence-corrected chi connectivity index (χ0v) is 7.18. The molecule has 3 nitrogen and oxygen atoms in total. The molecule has 0 radical (unpaired) electrons. The zero-order valence-electron chi connectivity index (χ0n) is 7.18. The Morgan fingerprint density at radius 1 is 1.42 bits per heavy atom. The van der Waals surface area contributed by atoms with Gasteiger partial charge < -0.3 is 10.4 Å². The number of nitrogens with one attached hydrogen (secondary N) is 1. The molecule has 0 bridgehead atoms. The topological polar surface area (TPSA) is 49.3 Å². The van der Waals surface area contributed by atoms with Crippen LogP contribution in [0.15, 0.2) is 0 Å². The second-order valence-electron chi connectivity index (χ2n) is 3.93. The third kappa shape index (κ3) is 0.959. The van der Waals surface area contributed by atoms with Gasteiger partial charge in [0, 0.05) is 0 Å². The van der Waals surface area contributed by atoms with Crippen LogP contribution in [-0.4, -0.2) is 23.2 Å². The molecule has 2 atom stereocenters. The fourth-order valence-corrected chi connectivity index (χ4v) is 2.70. The number of hydrogen-bond donors (Lipinski definition) is 2. The van der Waals surface area contributed by atoms with E-state index in [1.54, 1.807) is 0 Å². The molecule has 12 heavy (non-hydrogen) atoms. The fraction of sp³-hybridized carbons (Fsp3) is 0.889. The summed E-state index contributed by atoms with van der Waals surface area (Å²) in [7, 11) is 0. The molecule has 0 aromatic carbocycles. The van der Waals surface area contributed by atoms with E-state index in [2.05, 4.69) is 5.32 Å². The molecular formula is C9H15NO2. The second kappa shape index (κ2) is 2.73. The number of fused-ring (bicyclic) bond motifs is 1. The lowest BCUT2D eigenvalue weighted by atomic mass is 9.74. The molecule has 0 amide bonds. The van der Waals surface area contributed by atoms with E-state index in [0.717, 1.165) is 32.2 Å². The Kier molecular flexibility index (Phi) is 1.83. The van der Waals surface area contributed by atoms with Crippen molar-refractivity contribution in [3.63, 3.8) is 0 Å². The van der Waals surface area contributed by atoms with Crippen LogP contribution in [0.4, 0.5) is 0 Å². The van der Waals surface area contributed by atoms with Gasteiger partial charge in [-0.3, -0.25) is 4.79 Å². The third-order valence-corrected chi connectivity index (χ3v) is 3.39. The van der Waals surface area contributed by atoms with E-state index in [4.69, 9.17) is 5.11 Å². The molecule has 1 saturated carbocycles. The number of carboxylic acid groups (broad SMARTS) is 1. The molecule has 1 aliphatic heterocycles. The van der Waals surface area contributed by atoms with Gasteiger partial charge >= 0.3 is 5.97 Å². The molecule has 1 aliphatic carbocycles. The summed E-state index contributed by atoms with van der Waals surface area (Å²) in [5.74, 6) is -0.242. The SMILES string of the molecule is O=C(O)[C@]12CCCCC1CCN2. The Hall–Kier alpha value is -0.570. The third-order valence-electron chi connectivity index (χ3n) is 3.39. The van der Waals surface area contributed by atoms with Gasteiger partial charge in [0.25, 0.3) is 0 Å². The maximum absolute atomic E-state index is 11.1. The Labute approximate surface area is 72.2 Å². The minimum atomic E-state index is -0.635. The van der Waals surface area contributed by atoms with Crippen LogP contribution in [-0.2, 0) is 4.79 Å². The molecule has 1 unspecified atom stereocenters. The smallest absolute Gasteiger partial charge is 0.324 e. The lowest BCUT2D eigenvalue weighted by molar-refractivity contribution is -0.147. The monoisotopic (exact) mass is 169 g/mol. The molecule has 68 valence electrons. The van der Waals surface area contributed by atoms with Gasteiger partial charge in [-0.25, -0.2) is 0 Å². The summed E-state index contributed by atoms with van der Waals surface area (Å²) >= 11 is 0. The van der Waals surface area contributed by atoms with Gasteiger partial charge in [0.15, 0.2) is 0 Å². The van der Waals surface area contributed by atoms with Crippen LogP contribution < -0.4 is 5.32 Å². The molecule has 0 aromatic heterocycles. The predicted octanol–water partition coefficient (Wildman–Crippen LogP) is 0.993. The first-order valence-electron chi connectivity index (χ1n) is 4.74. The predicted molar refractivity (Wildman–Crippen MR) is 44.9 cm³/mol. The molecular weight excluding hydrogens is 154 g/mol. The molecule has 0 aromatic rings. The maximum Gasteiger partial charge on any atom is 0.324 e. The van der Waals surface area contributed by atoms with Gasteiger partial charge in [-0.1, -0.05) is 12.8 Å². The van der Waals surface area contributed by atoms with E-state index in [-0.39, 0.29) is 0 Å². The molecule has 2 aliphatic rings. The summed E-state index contributed by atoms with van der Waals surface area (Å²) in [5.41, 5.74) is -0.543. The quantitative estimate of drug-likeness (QED) is 0.615. The van der Waals surface area contributed by atoms with Crippen molar-refractivity contribution in [3.8, 4) is 0 Å². The highest BCUT2D eigenvalue weighted by atomic mass is 16.4. The fourth-order valence-electron chi connectivity index (χ4n) is 2.70. The number of rotatable bonds is 1. The van der Waals surface area contributed by atoms with Crippen LogP contribution in [0, 0.1) is 5.92 Å². The molecule has 1 saturated heterocycles. The summed E-state index contributed by atoms with van der Waals surface area (Å²) in [6, 6.07) is 0. The van der Waals surface area contributed by atoms with Gasteiger partial charge in [-0.05, 0) is 31.7 Å².